The van der Waals surface area contributed by atoms with E-state index in [1.165, 1.54) is 0 Å². The predicted molar refractivity (Wildman–Crippen MR) is 179 cm³/mol. The molecule has 0 heterocycles. The number of nitriles is 1. The molecule has 2 N–H and O–H groups in total. The van der Waals surface area contributed by atoms with Gasteiger partial charge >= 0.3 is 6.09 Å². The largest absolute Gasteiger partial charge is 0.541 e. The maximum Gasteiger partial charge on any atom is 0.407 e. The molecule has 7 nitrogen and oxygen atoms in total. The summed E-state index contributed by atoms with van der Waals surface area (Å²) in [4.78, 5) is 17.0. The monoisotopic (exact) mass is 626 g/mol. The van der Waals surface area contributed by atoms with Crippen LogP contribution in [-0.4, -0.2) is 37.0 Å². The molecule has 43 heavy (non-hydrogen) atoms. The molecule has 10 heteroatoms. The Morgan fingerprint density at radius 2 is 1.72 bits per heavy atom. The van der Waals surface area contributed by atoms with E-state index in [9.17, 15) is 10.1 Å². The summed E-state index contributed by atoms with van der Waals surface area (Å²) >= 11 is 1.16. The summed E-state index contributed by atoms with van der Waals surface area (Å²) in [6.45, 7) is 20.3. The molecule has 0 fully saturated rings. The maximum atomic E-state index is 16.5. The van der Waals surface area contributed by atoms with E-state index in [1.807, 2.05) is 6.92 Å². The van der Waals surface area contributed by atoms with Gasteiger partial charge in [-0.3, -0.25) is 5.41 Å². The zero-order chi connectivity index (χ0) is 32.7. The second-order valence-corrected chi connectivity index (χ2v) is 18.7. The molecular weight excluding hydrogens is 580 g/mol. The van der Waals surface area contributed by atoms with Gasteiger partial charge in [0.1, 0.15) is 22.1 Å². The number of benzene rings is 2. The van der Waals surface area contributed by atoms with Crippen molar-refractivity contribution in [2.45, 2.75) is 104 Å². The summed E-state index contributed by atoms with van der Waals surface area (Å²) in [7, 11) is -2.47. The number of nitrogens with one attached hydrogen (secondary N) is 2. The summed E-state index contributed by atoms with van der Waals surface area (Å²) in [5.74, 6) is -0.324. The predicted octanol–water partition coefficient (Wildman–Crippen LogP) is 9.30. The molecule has 0 unspecified atom stereocenters. The summed E-state index contributed by atoms with van der Waals surface area (Å²) in [5.41, 5.74) is 2.67. The average molecular weight is 627 g/mol. The minimum absolute atomic E-state index is 0.0421. The Morgan fingerprint density at radius 1 is 1.12 bits per heavy atom. The number of hydrogen-bond donors (Lipinski definition) is 2. The van der Waals surface area contributed by atoms with Crippen molar-refractivity contribution >= 4 is 42.6 Å². The van der Waals surface area contributed by atoms with Crippen LogP contribution in [0.5, 0.6) is 5.75 Å². The molecule has 0 aliphatic rings. The number of halogens is 1. The molecule has 2 aromatic rings. The number of rotatable bonds is 11. The first kappa shape index (κ1) is 36.0. The molecule has 2 aromatic carbocycles. The third-order valence-electron chi connectivity index (χ3n) is 7.45. The number of carbonyl (C=O) groups excluding carboxylic acids is 1. The number of alkyl carbamates (subject to hydrolysis) is 1. The van der Waals surface area contributed by atoms with Crippen LogP contribution in [0.25, 0.3) is 0 Å². The van der Waals surface area contributed by atoms with Gasteiger partial charge in [0.05, 0.1) is 17.3 Å². The normalized spacial score (nSPS) is 12.5. The van der Waals surface area contributed by atoms with Crippen LogP contribution < -0.4 is 9.74 Å². The minimum Gasteiger partial charge on any atom is -0.541 e. The van der Waals surface area contributed by atoms with Crippen molar-refractivity contribution in [2.75, 3.05) is 6.26 Å². The molecule has 1 amide bonds. The third kappa shape index (κ3) is 8.93. The van der Waals surface area contributed by atoms with E-state index < -0.39 is 25.8 Å². The van der Waals surface area contributed by atoms with E-state index in [0.717, 1.165) is 17.3 Å². The van der Waals surface area contributed by atoms with Crippen LogP contribution in [0.3, 0.4) is 0 Å². The Hall–Kier alpha value is -3.16. The van der Waals surface area contributed by atoms with E-state index in [4.69, 9.17) is 19.6 Å². The van der Waals surface area contributed by atoms with Crippen molar-refractivity contribution in [1.82, 2.24) is 5.32 Å². The SMILES string of the molecule is CCc1cc(O[Si](C(C)C)(C(C)C)C(C)C)c(F)c(C(=Nc2ccc(C#N)c(CNC(=O)OC(C)(C)C)c2)C(=N)SC)c1. The van der Waals surface area contributed by atoms with Crippen LogP contribution in [0.4, 0.5) is 14.9 Å². The van der Waals surface area contributed by atoms with Crippen LogP contribution in [0.2, 0.25) is 16.6 Å². The van der Waals surface area contributed by atoms with E-state index in [-0.39, 0.29) is 45.2 Å². The number of ether oxygens (including phenoxy) is 1. The fourth-order valence-corrected chi connectivity index (χ4v) is 11.1. The van der Waals surface area contributed by atoms with Crippen molar-refractivity contribution < 1.29 is 18.3 Å². The van der Waals surface area contributed by atoms with Crippen molar-refractivity contribution in [2.24, 2.45) is 4.99 Å². The van der Waals surface area contributed by atoms with Gasteiger partial charge in [-0.2, -0.15) is 5.26 Å². The summed E-state index contributed by atoms with van der Waals surface area (Å²) in [6, 6.07) is 10.6. The molecule has 0 aliphatic carbocycles. The zero-order valence-corrected chi connectivity index (χ0v) is 29.3. The first-order chi connectivity index (χ1) is 20.0. The molecule has 0 radical (unpaired) electrons. The summed E-state index contributed by atoms with van der Waals surface area (Å²) in [5, 5.41) is 21.1. The number of amides is 1. The molecule has 234 valence electrons. The number of carbonyl (C=O) groups is 1. The Bertz CT molecular complexity index is 1370. The van der Waals surface area contributed by atoms with Crippen molar-refractivity contribution in [3.05, 3.63) is 58.4 Å². The second kappa shape index (κ2) is 15.0. The fourth-order valence-electron chi connectivity index (χ4n) is 5.50. The molecular formula is C33H47FN4O3SSi. The van der Waals surface area contributed by atoms with Crippen LogP contribution >= 0.6 is 11.8 Å². The molecule has 0 bridgehead atoms. The molecule has 0 aromatic heterocycles. The highest BCUT2D eigenvalue weighted by atomic mass is 32.2. The Morgan fingerprint density at radius 3 is 2.21 bits per heavy atom. The van der Waals surface area contributed by atoms with Gasteiger partial charge in [-0.25, -0.2) is 14.2 Å². The Labute approximate surface area is 262 Å². The van der Waals surface area contributed by atoms with Crippen molar-refractivity contribution in [3.63, 3.8) is 0 Å². The van der Waals surface area contributed by atoms with Crippen LogP contribution in [-0.2, 0) is 17.7 Å². The number of hydrogen-bond acceptors (Lipinski definition) is 7. The highest BCUT2D eigenvalue weighted by Gasteiger charge is 2.47. The zero-order valence-electron chi connectivity index (χ0n) is 27.4. The standard InChI is InChI=1S/C33H47FN4O3SSi/c1-12-23-15-27(29(34)28(16-23)41-43(20(2)3,21(4)5)22(6)7)30(31(36)42-11)38-26-14-13-24(18-35)25(17-26)19-37-32(39)40-33(8,9)10/h13-17,20-22,36H,12,19H2,1-11H3,(H,37,39). The first-order valence-corrected chi connectivity index (χ1v) is 18.1. The van der Waals surface area contributed by atoms with Crippen molar-refractivity contribution in [1.29, 1.82) is 10.7 Å². The molecule has 0 saturated carbocycles. The lowest BCUT2D eigenvalue weighted by Gasteiger charge is -2.42. The smallest absolute Gasteiger partial charge is 0.407 e. The van der Waals surface area contributed by atoms with E-state index in [0.29, 0.717) is 23.2 Å². The summed E-state index contributed by atoms with van der Waals surface area (Å²) < 4.78 is 28.6. The van der Waals surface area contributed by atoms with Gasteiger partial charge in [-0.05, 0) is 91.5 Å². The molecule has 0 atom stereocenters. The third-order valence-corrected chi connectivity index (χ3v) is 14.0. The van der Waals surface area contributed by atoms with E-state index >= 15 is 4.39 Å². The summed E-state index contributed by atoms with van der Waals surface area (Å²) in [6.07, 6.45) is 1.80. The molecule has 0 saturated heterocycles. The van der Waals surface area contributed by atoms with Gasteiger partial charge in [0, 0.05) is 12.1 Å². The van der Waals surface area contributed by atoms with Gasteiger partial charge in [-0.15, -0.1) is 11.8 Å². The first-order valence-electron chi connectivity index (χ1n) is 14.7. The lowest BCUT2D eigenvalue weighted by molar-refractivity contribution is 0.0523. The van der Waals surface area contributed by atoms with Gasteiger partial charge < -0.3 is 14.5 Å². The quantitative estimate of drug-likeness (QED) is 0.147. The number of nitrogens with zero attached hydrogens (tertiary/aromatic N) is 2. The molecule has 0 spiro atoms. The topological polar surface area (TPSA) is 108 Å². The van der Waals surface area contributed by atoms with Gasteiger partial charge in [0.15, 0.2) is 5.82 Å². The molecule has 2 rings (SSSR count). The van der Waals surface area contributed by atoms with E-state index in [1.54, 1.807) is 57.4 Å². The second-order valence-electron chi connectivity index (χ2n) is 12.5. The van der Waals surface area contributed by atoms with E-state index in [2.05, 4.69) is 52.9 Å². The highest BCUT2D eigenvalue weighted by molar-refractivity contribution is 8.15. The number of aliphatic imine (C=N–C) groups is 1. The lowest BCUT2D eigenvalue weighted by atomic mass is 10.0. The number of thioether (sulfide) groups is 1. The molecule has 0 aliphatic heterocycles. The van der Waals surface area contributed by atoms with Crippen LogP contribution in [0.15, 0.2) is 35.3 Å². The van der Waals surface area contributed by atoms with Crippen LogP contribution in [0, 0.1) is 22.6 Å². The Kier molecular flexibility index (Phi) is 12.6. The highest BCUT2D eigenvalue weighted by Crippen LogP contribution is 2.44. The van der Waals surface area contributed by atoms with Crippen molar-refractivity contribution in [3.8, 4) is 11.8 Å². The number of aryl methyl sites for hydroxylation is 1. The Balaban J connectivity index is 2.69. The van der Waals surface area contributed by atoms with Gasteiger partial charge in [0.2, 0.25) is 0 Å². The van der Waals surface area contributed by atoms with Gasteiger partial charge in [0.25, 0.3) is 8.32 Å². The lowest BCUT2D eigenvalue weighted by Crippen LogP contribution is -2.51. The van der Waals surface area contributed by atoms with Crippen LogP contribution in [0.1, 0.15) is 91.5 Å². The average Bonchev–Trinajstić information content (AvgIpc) is 2.92. The van der Waals surface area contributed by atoms with Gasteiger partial charge in [-0.1, -0.05) is 48.5 Å². The maximum absolute atomic E-state index is 16.5. The minimum atomic E-state index is -2.47. The fraction of sp³-hybridized carbons (Fsp3) is 0.515.